The van der Waals surface area contributed by atoms with Gasteiger partial charge in [-0.25, -0.2) is 0 Å². The molecule has 3 nitrogen and oxygen atoms in total. The first kappa shape index (κ1) is 11.5. The number of aliphatic hydroxyl groups is 1. The number of halogens is 1. The maximum atomic E-state index is 8.90. The van der Waals surface area contributed by atoms with Crippen LogP contribution >= 0.6 is 11.6 Å². The first-order chi connectivity index (χ1) is 6.56. The Bertz CT molecular complexity index is 309. The van der Waals surface area contributed by atoms with Crippen molar-refractivity contribution < 1.29 is 5.11 Å². The van der Waals surface area contributed by atoms with Gasteiger partial charge in [0.05, 0.1) is 5.69 Å². The molecule has 0 amide bonds. The quantitative estimate of drug-likeness (QED) is 0.836. The molecule has 0 bridgehead atoms. The minimum atomic E-state index is 0.233. The summed E-state index contributed by atoms with van der Waals surface area (Å²) < 4.78 is 1.69. The molecule has 80 valence electrons. The topological polar surface area (TPSA) is 38.0 Å². The Labute approximate surface area is 89.7 Å². The Kier molecular flexibility index (Phi) is 3.96. The fourth-order valence-electron chi connectivity index (χ4n) is 1.44. The van der Waals surface area contributed by atoms with Crippen molar-refractivity contribution in [2.24, 2.45) is 13.0 Å². The number of aromatic nitrogens is 2. The number of aliphatic hydroxyl groups excluding tert-OH is 1. The van der Waals surface area contributed by atoms with Crippen molar-refractivity contribution >= 4 is 11.6 Å². The summed E-state index contributed by atoms with van der Waals surface area (Å²) in [6, 6.07) is 0. The van der Waals surface area contributed by atoms with Crippen LogP contribution in [0.25, 0.3) is 0 Å². The molecule has 1 aromatic rings. The van der Waals surface area contributed by atoms with Gasteiger partial charge in [0.2, 0.25) is 0 Å². The van der Waals surface area contributed by atoms with Gasteiger partial charge in [0.15, 0.2) is 0 Å². The van der Waals surface area contributed by atoms with Crippen LogP contribution in [0.4, 0.5) is 0 Å². The summed E-state index contributed by atoms with van der Waals surface area (Å²) in [5.74, 6) is 0.325. The van der Waals surface area contributed by atoms with Crippen LogP contribution in [0.3, 0.4) is 0 Å². The van der Waals surface area contributed by atoms with Crippen LogP contribution in [0.1, 0.15) is 24.6 Å². The molecule has 0 aliphatic heterocycles. The molecule has 0 radical (unpaired) electrons. The lowest BCUT2D eigenvalue weighted by molar-refractivity contribution is 0.230. The van der Waals surface area contributed by atoms with Crippen LogP contribution in [0.15, 0.2) is 0 Å². The highest BCUT2D eigenvalue weighted by atomic mass is 35.5. The highest BCUT2D eigenvalue weighted by Crippen LogP contribution is 2.21. The summed E-state index contributed by atoms with van der Waals surface area (Å²) >= 11 is 6.08. The van der Waals surface area contributed by atoms with Crippen LogP contribution in [0.5, 0.6) is 0 Å². The zero-order valence-electron chi connectivity index (χ0n) is 8.92. The molecule has 0 fully saturated rings. The molecule has 1 aromatic heterocycles. The number of nitrogens with zero attached hydrogens (tertiary/aromatic N) is 2. The Balaban J connectivity index is 2.67. The molecule has 0 saturated heterocycles. The van der Waals surface area contributed by atoms with E-state index in [2.05, 4.69) is 5.10 Å². The van der Waals surface area contributed by atoms with Crippen LogP contribution in [0.2, 0.25) is 5.15 Å². The molecule has 0 aliphatic carbocycles. The van der Waals surface area contributed by atoms with Crippen LogP contribution in [-0.4, -0.2) is 21.5 Å². The maximum Gasteiger partial charge on any atom is 0.130 e. The lowest BCUT2D eigenvalue weighted by Crippen LogP contribution is -2.02. The first-order valence-electron chi connectivity index (χ1n) is 4.85. The van der Waals surface area contributed by atoms with Gasteiger partial charge in [0, 0.05) is 19.2 Å². The zero-order chi connectivity index (χ0) is 10.7. The summed E-state index contributed by atoms with van der Waals surface area (Å²) in [6.07, 6.45) is 1.84. The van der Waals surface area contributed by atoms with Crippen molar-refractivity contribution in [1.82, 2.24) is 9.78 Å². The van der Waals surface area contributed by atoms with Gasteiger partial charge in [-0.05, 0) is 25.7 Å². The Morgan fingerprint density at radius 1 is 1.57 bits per heavy atom. The van der Waals surface area contributed by atoms with Gasteiger partial charge in [-0.2, -0.15) is 5.10 Å². The lowest BCUT2D eigenvalue weighted by Gasteiger charge is -2.06. The third-order valence-corrected chi connectivity index (χ3v) is 2.94. The molecule has 0 aromatic carbocycles. The standard InChI is InChI=1S/C10H17ClN2O/c1-7(6-14)4-5-9-8(2)12-13(3)10(9)11/h7,14H,4-6H2,1-3H3. The molecular weight excluding hydrogens is 200 g/mol. The highest BCUT2D eigenvalue weighted by molar-refractivity contribution is 6.30. The van der Waals surface area contributed by atoms with Gasteiger partial charge in [0.25, 0.3) is 0 Å². The summed E-state index contributed by atoms with van der Waals surface area (Å²) in [7, 11) is 1.84. The van der Waals surface area contributed by atoms with Crippen molar-refractivity contribution in [2.45, 2.75) is 26.7 Å². The Morgan fingerprint density at radius 3 is 2.64 bits per heavy atom. The molecule has 1 unspecified atom stereocenters. The molecule has 1 atom stereocenters. The molecule has 0 spiro atoms. The third-order valence-electron chi connectivity index (χ3n) is 2.47. The molecule has 14 heavy (non-hydrogen) atoms. The molecule has 0 saturated carbocycles. The van der Waals surface area contributed by atoms with Gasteiger partial charge in [0.1, 0.15) is 5.15 Å². The van der Waals surface area contributed by atoms with E-state index in [-0.39, 0.29) is 6.61 Å². The van der Waals surface area contributed by atoms with Crippen molar-refractivity contribution in [3.05, 3.63) is 16.4 Å². The normalized spacial score (nSPS) is 13.2. The van der Waals surface area contributed by atoms with Crippen molar-refractivity contribution in [3.8, 4) is 0 Å². The minimum Gasteiger partial charge on any atom is -0.396 e. The van der Waals surface area contributed by atoms with E-state index in [1.54, 1.807) is 4.68 Å². The zero-order valence-corrected chi connectivity index (χ0v) is 9.67. The van der Waals surface area contributed by atoms with Gasteiger partial charge >= 0.3 is 0 Å². The minimum absolute atomic E-state index is 0.233. The van der Waals surface area contributed by atoms with Gasteiger partial charge in [-0.1, -0.05) is 18.5 Å². The fraction of sp³-hybridized carbons (Fsp3) is 0.700. The second-order valence-electron chi connectivity index (χ2n) is 3.80. The summed E-state index contributed by atoms with van der Waals surface area (Å²) in [5, 5.41) is 13.9. The van der Waals surface area contributed by atoms with Crippen LogP contribution in [0, 0.1) is 12.8 Å². The summed E-state index contributed by atoms with van der Waals surface area (Å²) in [5.41, 5.74) is 2.09. The highest BCUT2D eigenvalue weighted by Gasteiger charge is 2.11. The van der Waals surface area contributed by atoms with E-state index in [0.29, 0.717) is 11.1 Å². The SMILES string of the molecule is Cc1nn(C)c(Cl)c1CCC(C)CO. The van der Waals surface area contributed by atoms with Crippen LogP contribution in [-0.2, 0) is 13.5 Å². The average Bonchev–Trinajstić information content (AvgIpc) is 2.39. The van der Waals surface area contributed by atoms with E-state index in [1.807, 2.05) is 20.9 Å². The Hall–Kier alpha value is -0.540. The fourth-order valence-corrected chi connectivity index (χ4v) is 1.71. The van der Waals surface area contributed by atoms with E-state index < -0.39 is 0 Å². The monoisotopic (exact) mass is 216 g/mol. The molecule has 1 heterocycles. The van der Waals surface area contributed by atoms with E-state index in [0.717, 1.165) is 24.1 Å². The number of aryl methyl sites for hydroxylation is 2. The van der Waals surface area contributed by atoms with Crippen molar-refractivity contribution in [3.63, 3.8) is 0 Å². The van der Waals surface area contributed by atoms with Gasteiger partial charge in [-0.3, -0.25) is 4.68 Å². The largest absolute Gasteiger partial charge is 0.396 e. The second-order valence-corrected chi connectivity index (χ2v) is 4.16. The third kappa shape index (κ3) is 2.49. The van der Waals surface area contributed by atoms with Crippen LogP contribution < -0.4 is 0 Å². The van der Waals surface area contributed by atoms with Gasteiger partial charge < -0.3 is 5.11 Å². The predicted molar refractivity (Wildman–Crippen MR) is 57.5 cm³/mol. The van der Waals surface area contributed by atoms with Crippen molar-refractivity contribution in [1.29, 1.82) is 0 Å². The first-order valence-corrected chi connectivity index (χ1v) is 5.23. The second kappa shape index (κ2) is 4.80. The molecule has 0 aliphatic rings. The van der Waals surface area contributed by atoms with Gasteiger partial charge in [-0.15, -0.1) is 0 Å². The van der Waals surface area contributed by atoms with E-state index in [9.17, 15) is 0 Å². The molecule has 4 heteroatoms. The molecule has 1 N–H and O–H groups in total. The lowest BCUT2D eigenvalue weighted by atomic mass is 10.0. The number of rotatable bonds is 4. The Morgan fingerprint density at radius 2 is 2.21 bits per heavy atom. The average molecular weight is 217 g/mol. The van der Waals surface area contributed by atoms with E-state index in [1.165, 1.54) is 0 Å². The summed E-state index contributed by atoms with van der Waals surface area (Å²) in [6.45, 7) is 4.22. The maximum absolute atomic E-state index is 8.90. The number of hydrogen-bond acceptors (Lipinski definition) is 2. The number of hydrogen-bond donors (Lipinski definition) is 1. The van der Waals surface area contributed by atoms with E-state index >= 15 is 0 Å². The van der Waals surface area contributed by atoms with Crippen molar-refractivity contribution in [2.75, 3.05) is 6.61 Å². The summed E-state index contributed by atoms with van der Waals surface area (Å²) in [4.78, 5) is 0. The predicted octanol–water partition coefficient (Wildman–Crippen LogP) is 1.94. The molecule has 1 rings (SSSR count). The van der Waals surface area contributed by atoms with E-state index in [4.69, 9.17) is 16.7 Å². The molecular formula is C10H17ClN2O. The smallest absolute Gasteiger partial charge is 0.130 e.